The van der Waals surface area contributed by atoms with Gasteiger partial charge in [0.25, 0.3) is 0 Å². The van der Waals surface area contributed by atoms with Gasteiger partial charge in [-0.05, 0) is 47.9 Å². The number of ether oxygens (including phenoxy) is 2. The summed E-state index contributed by atoms with van der Waals surface area (Å²) in [4.78, 5) is 17.3. The number of hydrogen-bond donors (Lipinski definition) is 0. The van der Waals surface area contributed by atoms with Crippen LogP contribution >= 0.6 is 22.9 Å². The van der Waals surface area contributed by atoms with Crippen LogP contribution in [0.3, 0.4) is 0 Å². The monoisotopic (exact) mass is 415 g/mol. The van der Waals surface area contributed by atoms with Gasteiger partial charge in [0.1, 0.15) is 17.4 Å². The van der Waals surface area contributed by atoms with Crippen molar-refractivity contribution in [3.63, 3.8) is 0 Å². The van der Waals surface area contributed by atoms with Gasteiger partial charge < -0.3 is 9.47 Å². The lowest BCUT2D eigenvalue weighted by Crippen LogP contribution is -2.20. The van der Waals surface area contributed by atoms with Crippen LogP contribution in [0.2, 0.25) is 5.02 Å². The van der Waals surface area contributed by atoms with E-state index in [0.717, 1.165) is 27.6 Å². The second-order valence-corrected chi connectivity index (χ2v) is 8.05. The van der Waals surface area contributed by atoms with Crippen LogP contribution in [0.5, 0.6) is 5.75 Å². The van der Waals surface area contributed by atoms with Crippen LogP contribution in [-0.2, 0) is 16.1 Å². The van der Waals surface area contributed by atoms with Crippen LogP contribution in [0.15, 0.2) is 53.9 Å². The second-order valence-electron chi connectivity index (χ2n) is 6.75. The molecule has 6 heteroatoms. The lowest BCUT2D eigenvalue weighted by molar-refractivity contribution is -0.148. The van der Waals surface area contributed by atoms with Gasteiger partial charge in [-0.2, -0.15) is 0 Å². The van der Waals surface area contributed by atoms with Gasteiger partial charge in [0.15, 0.2) is 0 Å². The van der Waals surface area contributed by atoms with Gasteiger partial charge in [0, 0.05) is 16.0 Å². The highest BCUT2D eigenvalue weighted by atomic mass is 35.5. The number of nitrogens with zero attached hydrogens (tertiary/aromatic N) is 1. The van der Waals surface area contributed by atoms with Crippen LogP contribution in [-0.4, -0.2) is 18.1 Å². The van der Waals surface area contributed by atoms with E-state index in [1.165, 1.54) is 11.3 Å². The molecule has 28 heavy (non-hydrogen) atoms. The summed E-state index contributed by atoms with van der Waals surface area (Å²) in [5, 5.41) is 3.44. The summed E-state index contributed by atoms with van der Waals surface area (Å²) in [6.45, 7) is 4.17. The van der Waals surface area contributed by atoms with Crippen molar-refractivity contribution < 1.29 is 14.3 Å². The lowest BCUT2D eigenvalue weighted by atomic mass is 9.88. The zero-order valence-electron chi connectivity index (χ0n) is 16.0. The van der Waals surface area contributed by atoms with Gasteiger partial charge in [-0.1, -0.05) is 37.6 Å². The van der Waals surface area contributed by atoms with Crippen molar-refractivity contribution >= 4 is 28.9 Å². The number of aromatic nitrogens is 1. The third-order valence-corrected chi connectivity index (χ3v) is 5.59. The zero-order valence-corrected chi connectivity index (χ0v) is 17.6. The standard InChI is InChI=1S/C22H22ClNO3S/c1-14(2)20(15-4-8-17(23)9-5-15)22(25)27-12-18-13-28-21(24-18)16-6-10-19(26-3)11-7-16/h4-11,13-14,20H,12H2,1-3H3/t20-/m0/s1. The second kappa shape index (κ2) is 9.22. The fourth-order valence-corrected chi connectivity index (χ4v) is 3.87. The lowest BCUT2D eigenvalue weighted by Gasteiger charge is -2.19. The average molecular weight is 416 g/mol. The van der Waals surface area contributed by atoms with Crippen LogP contribution in [0.4, 0.5) is 0 Å². The number of benzene rings is 2. The molecule has 0 amide bonds. The topological polar surface area (TPSA) is 48.4 Å². The Balaban J connectivity index is 1.66. The first kappa shape index (κ1) is 20.4. The van der Waals surface area contributed by atoms with E-state index in [4.69, 9.17) is 21.1 Å². The number of carbonyl (C=O) groups is 1. The summed E-state index contributed by atoms with van der Waals surface area (Å²) < 4.78 is 10.8. The Morgan fingerprint density at radius 1 is 1.11 bits per heavy atom. The van der Waals surface area contributed by atoms with Crippen LogP contribution < -0.4 is 4.74 Å². The quantitative estimate of drug-likeness (QED) is 0.447. The largest absolute Gasteiger partial charge is 0.497 e. The van der Waals surface area contributed by atoms with Gasteiger partial charge >= 0.3 is 5.97 Å². The van der Waals surface area contributed by atoms with E-state index >= 15 is 0 Å². The first-order valence-electron chi connectivity index (χ1n) is 8.99. The molecule has 0 aliphatic carbocycles. The Labute approximate surface area is 174 Å². The maximum absolute atomic E-state index is 12.7. The van der Waals surface area contributed by atoms with Gasteiger partial charge in [-0.25, -0.2) is 4.98 Å². The van der Waals surface area contributed by atoms with Crippen molar-refractivity contribution in [1.29, 1.82) is 0 Å². The Morgan fingerprint density at radius 3 is 2.39 bits per heavy atom. The highest BCUT2D eigenvalue weighted by Crippen LogP contribution is 2.29. The van der Waals surface area contributed by atoms with Gasteiger partial charge in [-0.15, -0.1) is 11.3 Å². The van der Waals surface area contributed by atoms with Crippen LogP contribution in [0, 0.1) is 5.92 Å². The van der Waals surface area contributed by atoms with E-state index in [9.17, 15) is 4.79 Å². The maximum atomic E-state index is 12.7. The van der Waals surface area contributed by atoms with Gasteiger partial charge in [0.2, 0.25) is 0 Å². The predicted molar refractivity (Wildman–Crippen MR) is 113 cm³/mol. The molecule has 0 saturated heterocycles. The molecule has 2 aromatic carbocycles. The third kappa shape index (κ3) is 4.91. The first-order chi connectivity index (χ1) is 13.5. The third-order valence-electron chi connectivity index (χ3n) is 4.40. The highest BCUT2D eigenvalue weighted by Gasteiger charge is 2.26. The Bertz CT molecular complexity index is 920. The molecule has 0 N–H and O–H groups in total. The van der Waals surface area contributed by atoms with Crippen molar-refractivity contribution in [2.45, 2.75) is 26.4 Å². The van der Waals surface area contributed by atoms with Crippen molar-refractivity contribution in [3.8, 4) is 16.3 Å². The normalized spacial score (nSPS) is 12.0. The molecule has 0 fully saturated rings. The van der Waals surface area contributed by atoms with Gasteiger partial charge in [-0.3, -0.25) is 4.79 Å². The van der Waals surface area contributed by atoms with Gasteiger partial charge in [0.05, 0.1) is 18.7 Å². The minimum atomic E-state index is -0.336. The fraction of sp³-hybridized carbons (Fsp3) is 0.273. The molecule has 0 spiro atoms. The minimum Gasteiger partial charge on any atom is -0.497 e. The molecular formula is C22H22ClNO3S. The molecular weight excluding hydrogens is 394 g/mol. The van der Waals surface area contributed by atoms with E-state index in [2.05, 4.69) is 4.98 Å². The number of esters is 1. The van der Waals surface area contributed by atoms with Crippen LogP contribution in [0.25, 0.3) is 10.6 Å². The van der Waals surface area contributed by atoms with Crippen molar-refractivity contribution in [3.05, 3.63) is 70.2 Å². The molecule has 0 saturated carbocycles. The van der Waals surface area contributed by atoms with Crippen molar-refractivity contribution in [2.24, 2.45) is 5.92 Å². The highest BCUT2D eigenvalue weighted by molar-refractivity contribution is 7.13. The first-order valence-corrected chi connectivity index (χ1v) is 10.2. The molecule has 1 aromatic heterocycles. The number of methoxy groups -OCH3 is 1. The SMILES string of the molecule is COc1ccc(-c2nc(COC(=O)[C@H](c3ccc(Cl)cc3)C(C)C)cs2)cc1. The summed E-state index contributed by atoms with van der Waals surface area (Å²) in [5.74, 6) is 0.323. The maximum Gasteiger partial charge on any atom is 0.314 e. The van der Waals surface area contributed by atoms with E-state index in [0.29, 0.717) is 5.02 Å². The Morgan fingerprint density at radius 2 is 1.79 bits per heavy atom. The molecule has 0 bridgehead atoms. The number of carbonyl (C=O) groups excluding carboxylic acids is 1. The van der Waals surface area contributed by atoms with Crippen LogP contribution in [0.1, 0.15) is 31.0 Å². The number of halogens is 1. The summed E-state index contributed by atoms with van der Waals surface area (Å²) in [5.41, 5.74) is 2.65. The number of rotatable bonds is 7. The molecule has 3 rings (SSSR count). The smallest absolute Gasteiger partial charge is 0.314 e. The van der Waals surface area contributed by atoms with Crippen molar-refractivity contribution in [1.82, 2.24) is 4.98 Å². The van der Waals surface area contributed by atoms with E-state index in [1.54, 1.807) is 19.2 Å². The Kier molecular flexibility index (Phi) is 6.70. The number of thiazole rings is 1. The molecule has 1 heterocycles. The molecule has 0 aliphatic rings. The summed E-state index contributed by atoms with van der Waals surface area (Å²) in [7, 11) is 1.64. The molecule has 4 nitrogen and oxygen atoms in total. The van der Waals surface area contributed by atoms with E-state index in [-0.39, 0.29) is 24.4 Å². The minimum absolute atomic E-state index is 0.110. The molecule has 0 radical (unpaired) electrons. The average Bonchev–Trinajstić information content (AvgIpc) is 3.17. The van der Waals surface area contributed by atoms with E-state index in [1.807, 2.05) is 55.6 Å². The molecule has 3 aromatic rings. The van der Waals surface area contributed by atoms with E-state index < -0.39 is 0 Å². The fourth-order valence-electron chi connectivity index (χ4n) is 2.94. The Hall–Kier alpha value is -2.37. The summed E-state index contributed by atoms with van der Waals surface area (Å²) in [6.07, 6.45) is 0. The predicted octanol–water partition coefficient (Wildman–Crippen LogP) is 5.96. The molecule has 146 valence electrons. The van der Waals surface area contributed by atoms with Crippen molar-refractivity contribution in [2.75, 3.05) is 7.11 Å². The summed E-state index contributed by atoms with van der Waals surface area (Å²) >= 11 is 7.48. The molecule has 1 atom stereocenters. The zero-order chi connectivity index (χ0) is 20.1. The summed E-state index contributed by atoms with van der Waals surface area (Å²) in [6, 6.07) is 15.1. The number of hydrogen-bond acceptors (Lipinski definition) is 5. The molecule has 0 unspecified atom stereocenters. The molecule has 0 aliphatic heterocycles.